The molecule has 0 radical (unpaired) electrons. The fourth-order valence-corrected chi connectivity index (χ4v) is 2.44. The molecule has 3 aromatic carbocycles. The molecule has 3 aromatic rings. The van der Waals surface area contributed by atoms with Gasteiger partial charge in [-0.2, -0.15) is 0 Å². The van der Waals surface area contributed by atoms with Gasteiger partial charge in [0.25, 0.3) is 0 Å². The van der Waals surface area contributed by atoms with E-state index < -0.39 is 0 Å². The molecular formula is C28H43ClO3. The molecule has 3 nitrogen and oxygen atoms in total. The maximum atomic E-state index is 9.44. The molecule has 4 heteroatoms. The van der Waals surface area contributed by atoms with Gasteiger partial charge in [-0.15, -0.1) is 12.4 Å². The van der Waals surface area contributed by atoms with Crippen LogP contribution in [0, 0.1) is 6.92 Å². The Morgan fingerprint density at radius 1 is 0.656 bits per heavy atom. The Morgan fingerprint density at radius 2 is 0.969 bits per heavy atom. The molecule has 0 aliphatic rings. The summed E-state index contributed by atoms with van der Waals surface area (Å²) in [4.78, 5) is 9.44. The van der Waals surface area contributed by atoms with Crippen LogP contribution in [0.3, 0.4) is 0 Å². The van der Waals surface area contributed by atoms with E-state index in [1.807, 2.05) is 18.2 Å². The molecule has 0 aliphatic heterocycles. The molecule has 0 spiro atoms. The van der Waals surface area contributed by atoms with Crippen LogP contribution in [0.15, 0.2) is 78.9 Å². The van der Waals surface area contributed by atoms with Crippen LogP contribution in [-0.2, 0) is 10.2 Å². The number of ketones is 1. The smallest absolute Gasteiger partial charge is 0.126 e. The molecule has 0 amide bonds. The van der Waals surface area contributed by atoms with Gasteiger partial charge in [0.15, 0.2) is 0 Å². The van der Waals surface area contributed by atoms with E-state index in [4.69, 9.17) is 5.11 Å². The van der Waals surface area contributed by atoms with Crippen molar-refractivity contribution in [2.24, 2.45) is 0 Å². The van der Waals surface area contributed by atoms with E-state index in [9.17, 15) is 9.90 Å². The Bertz CT molecular complexity index is 789. The van der Waals surface area contributed by atoms with E-state index in [0.717, 1.165) is 0 Å². The number of hydrogen-bond donors (Lipinski definition) is 2. The fourth-order valence-electron chi connectivity index (χ4n) is 2.44. The molecule has 3 rings (SSSR count). The fraction of sp³-hybridized carbons (Fsp3) is 0.321. The van der Waals surface area contributed by atoms with Crippen LogP contribution in [0.1, 0.15) is 66.7 Å². The van der Waals surface area contributed by atoms with E-state index in [-0.39, 0.29) is 45.9 Å². The van der Waals surface area contributed by atoms with Gasteiger partial charge < -0.3 is 15.0 Å². The number of carbonyl (C=O) groups is 1. The van der Waals surface area contributed by atoms with Gasteiger partial charge in [0.05, 0.1) is 0 Å². The Labute approximate surface area is 202 Å². The number of Topliss-reactive ketones (excluding diaryl/α,β-unsaturated/α-hetero) is 1. The van der Waals surface area contributed by atoms with Crippen LogP contribution in [-0.4, -0.2) is 16.0 Å². The van der Waals surface area contributed by atoms with Crippen molar-refractivity contribution in [3.05, 3.63) is 95.6 Å². The van der Waals surface area contributed by atoms with Gasteiger partial charge in [-0.1, -0.05) is 96.3 Å². The Balaban J connectivity index is -0.000000222. The summed E-state index contributed by atoms with van der Waals surface area (Å²) in [5.74, 6) is 0.802. The van der Waals surface area contributed by atoms with E-state index in [2.05, 4.69) is 45.0 Å². The molecule has 0 bridgehead atoms. The zero-order chi connectivity index (χ0) is 21.2. The van der Waals surface area contributed by atoms with Crippen molar-refractivity contribution in [3.8, 4) is 11.5 Å². The van der Waals surface area contributed by atoms with Crippen molar-refractivity contribution in [2.45, 2.75) is 62.3 Å². The highest BCUT2D eigenvalue weighted by molar-refractivity contribution is 5.85. The quantitative estimate of drug-likeness (QED) is 0.402. The van der Waals surface area contributed by atoms with Crippen LogP contribution in [0.4, 0.5) is 0 Å². The molecule has 0 atom stereocenters. The average Bonchev–Trinajstić information content (AvgIpc) is 2.63. The molecule has 0 heterocycles. The van der Waals surface area contributed by atoms with E-state index in [0.29, 0.717) is 11.5 Å². The maximum absolute atomic E-state index is 9.44. The first-order chi connectivity index (χ1) is 13.1. The second-order valence-corrected chi connectivity index (χ2v) is 7.28. The van der Waals surface area contributed by atoms with Gasteiger partial charge in [0, 0.05) is 5.41 Å². The number of carbonyl (C=O) groups excluding carboxylic acids is 1. The summed E-state index contributed by atoms with van der Waals surface area (Å²) < 4.78 is 0. The summed E-state index contributed by atoms with van der Waals surface area (Å²) in [7, 11) is 0. The number of benzene rings is 3. The summed E-state index contributed by atoms with van der Waals surface area (Å²) in [5, 5.41) is 18.0. The van der Waals surface area contributed by atoms with Crippen LogP contribution < -0.4 is 0 Å². The Hall–Kier alpha value is -2.78. The van der Waals surface area contributed by atoms with Gasteiger partial charge in [-0.25, -0.2) is 0 Å². The van der Waals surface area contributed by atoms with Crippen LogP contribution >= 0.6 is 12.4 Å². The summed E-state index contributed by atoms with van der Waals surface area (Å²) in [6.45, 7) is 9.55. The normalized spacial score (nSPS) is 8.78. The predicted molar refractivity (Wildman–Crippen MR) is 143 cm³/mol. The van der Waals surface area contributed by atoms with Crippen LogP contribution in [0.2, 0.25) is 0 Å². The molecule has 0 saturated carbocycles. The van der Waals surface area contributed by atoms with E-state index >= 15 is 0 Å². The van der Waals surface area contributed by atoms with E-state index in [1.165, 1.54) is 30.5 Å². The lowest BCUT2D eigenvalue weighted by Gasteiger charge is -2.26. The SMILES string of the molecule is C.C.C.CC(C)=O.Cc1ccc(C(C)(C)c2ccc(O)cc2)cc1.Cl.Oc1ccccc1. The Morgan fingerprint density at radius 3 is 1.28 bits per heavy atom. The van der Waals surface area contributed by atoms with Crippen molar-refractivity contribution in [2.75, 3.05) is 0 Å². The Kier molecular flexibility index (Phi) is 20.4. The average molecular weight is 463 g/mol. The minimum absolute atomic E-state index is 0. The van der Waals surface area contributed by atoms with Crippen molar-refractivity contribution in [1.82, 2.24) is 0 Å². The zero-order valence-electron chi connectivity index (χ0n) is 17.7. The largest absolute Gasteiger partial charge is 0.508 e. The minimum atomic E-state index is -0.0403. The number of halogens is 1. The zero-order valence-corrected chi connectivity index (χ0v) is 18.5. The molecule has 0 aliphatic carbocycles. The first kappa shape index (κ1) is 36.6. The second kappa shape index (κ2) is 17.9. The lowest BCUT2D eigenvalue weighted by atomic mass is 9.78. The van der Waals surface area contributed by atoms with Gasteiger partial charge in [-0.05, 0) is 56.2 Å². The topological polar surface area (TPSA) is 57.5 Å². The monoisotopic (exact) mass is 462 g/mol. The number of phenols is 2. The molecule has 0 unspecified atom stereocenters. The van der Waals surface area contributed by atoms with Crippen molar-refractivity contribution in [3.63, 3.8) is 0 Å². The number of hydrogen-bond acceptors (Lipinski definition) is 3. The lowest BCUT2D eigenvalue weighted by Crippen LogP contribution is -2.18. The van der Waals surface area contributed by atoms with Gasteiger partial charge in [-0.3, -0.25) is 0 Å². The standard InChI is InChI=1S/C16H18O.C6H6O.C3H6O.3CH4.ClH/c1-12-4-6-13(7-5-12)16(2,3)14-8-10-15(17)11-9-14;7-6-4-2-1-3-5-6;1-3(2)4;;;;/h4-11,17H,1-3H3;1-5,7H;1-2H3;3*1H4;1H. The number of rotatable bonds is 2. The number of aromatic hydroxyl groups is 2. The molecular weight excluding hydrogens is 420 g/mol. The highest BCUT2D eigenvalue weighted by Crippen LogP contribution is 2.32. The van der Waals surface area contributed by atoms with E-state index in [1.54, 1.807) is 36.4 Å². The van der Waals surface area contributed by atoms with Gasteiger partial charge >= 0.3 is 0 Å². The molecule has 0 saturated heterocycles. The van der Waals surface area contributed by atoms with Crippen LogP contribution in [0.25, 0.3) is 0 Å². The first-order valence-corrected chi connectivity index (χ1v) is 9.20. The number of aryl methyl sites for hydroxylation is 1. The predicted octanol–water partition coefficient (Wildman–Crippen LogP) is 8.34. The number of para-hydroxylation sites is 1. The highest BCUT2D eigenvalue weighted by Gasteiger charge is 2.22. The van der Waals surface area contributed by atoms with Crippen molar-refractivity contribution in [1.29, 1.82) is 0 Å². The highest BCUT2D eigenvalue weighted by atomic mass is 35.5. The molecule has 0 aromatic heterocycles. The van der Waals surface area contributed by atoms with Gasteiger partial charge in [0.2, 0.25) is 0 Å². The first-order valence-electron chi connectivity index (χ1n) is 9.20. The summed E-state index contributed by atoms with van der Waals surface area (Å²) in [5.41, 5.74) is 3.73. The van der Waals surface area contributed by atoms with Gasteiger partial charge in [0.1, 0.15) is 17.3 Å². The molecule has 180 valence electrons. The van der Waals surface area contributed by atoms with Crippen molar-refractivity contribution >= 4 is 18.2 Å². The maximum Gasteiger partial charge on any atom is 0.126 e. The summed E-state index contributed by atoms with van der Waals surface area (Å²) in [6, 6.07) is 24.8. The third kappa shape index (κ3) is 13.5. The third-order valence-electron chi connectivity index (χ3n) is 4.12. The second-order valence-electron chi connectivity index (χ2n) is 7.28. The molecule has 0 fully saturated rings. The molecule has 32 heavy (non-hydrogen) atoms. The molecule has 2 N–H and O–H groups in total. The van der Waals surface area contributed by atoms with Crippen molar-refractivity contribution < 1.29 is 15.0 Å². The number of phenolic OH excluding ortho intramolecular Hbond substituents is 2. The lowest BCUT2D eigenvalue weighted by molar-refractivity contribution is -0.114. The van der Waals surface area contributed by atoms with Crippen LogP contribution in [0.5, 0.6) is 11.5 Å². The summed E-state index contributed by atoms with van der Waals surface area (Å²) >= 11 is 0. The third-order valence-corrected chi connectivity index (χ3v) is 4.12. The summed E-state index contributed by atoms with van der Waals surface area (Å²) in [6.07, 6.45) is 0. The minimum Gasteiger partial charge on any atom is -0.508 e.